The molecule has 0 amide bonds. The van der Waals surface area contributed by atoms with Gasteiger partial charge in [0.25, 0.3) is 0 Å². The van der Waals surface area contributed by atoms with Gasteiger partial charge >= 0.3 is 5.69 Å². The van der Waals surface area contributed by atoms with Gasteiger partial charge in [0.15, 0.2) is 0 Å². The summed E-state index contributed by atoms with van der Waals surface area (Å²) < 4.78 is 5.57. The molecule has 8 nitrogen and oxygen atoms in total. The van der Waals surface area contributed by atoms with Gasteiger partial charge in [-0.25, -0.2) is 4.98 Å². The first-order valence-corrected chi connectivity index (χ1v) is 6.25. The molecule has 0 radical (unpaired) electrons. The van der Waals surface area contributed by atoms with E-state index in [1.165, 1.54) is 6.20 Å². The number of rotatable bonds is 5. The van der Waals surface area contributed by atoms with Crippen LogP contribution in [0.5, 0.6) is 0 Å². The van der Waals surface area contributed by atoms with Crippen molar-refractivity contribution in [2.75, 3.05) is 30.8 Å². The molecule has 2 heterocycles. The summed E-state index contributed by atoms with van der Waals surface area (Å²) in [7, 11) is 1.66. The number of hydrogen-bond acceptors (Lipinski definition) is 7. The van der Waals surface area contributed by atoms with Crippen LogP contribution >= 0.6 is 0 Å². The quantitative estimate of drug-likeness (QED) is 0.614. The Labute approximate surface area is 110 Å². The van der Waals surface area contributed by atoms with E-state index >= 15 is 0 Å². The van der Waals surface area contributed by atoms with Crippen molar-refractivity contribution in [3.05, 3.63) is 16.3 Å². The fraction of sp³-hybridized carbons (Fsp3) is 0.636. The zero-order valence-corrected chi connectivity index (χ0v) is 10.8. The Bertz CT molecular complexity index is 448. The molecule has 0 aromatic carbocycles. The van der Waals surface area contributed by atoms with Crippen molar-refractivity contribution in [3.63, 3.8) is 0 Å². The van der Waals surface area contributed by atoms with Crippen molar-refractivity contribution in [1.29, 1.82) is 0 Å². The van der Waals surface area contributed by atoms with Gasteiger partial charge in [-0.1, -0.05) is 0 Å². The summed E-state index contributed by atoms with van der Waals surface area (Å²) in [6.07, 6.45) is 4.45. The number of ether oxygens (including phenoxy) is 1. The maximum atomic E-state index is 10.9. The molecule has 1 aromatic rings. The predicted octanol–water partition coefficient (Wildman–Crippen LogP) is 1.41. The monoisotopic (exact) mass is 267 g/mol. The SMILES string of the molecule is CNc1ncc([N+](=O)[O-])c(NCC2CCCCO2)n1. The fourth-order valence-corrected chi connectivity index (χ4v) is 1.94. The maximum absolute atomic E-state index is 10.9. The third-order valence-corrected chi connectivity index (χ3v) is 2.96. The number of nitrogens with one attached hydrogen (secondary N) is 2. The zero-order valence-electron chi connectivity index (χ0n) is 10.8. The van der Waals surface area contributed by atoms with E-state index in [-0.39, 0.29) is 17.6 Å². The van der Waals surface area contributed by atoms with E-state index < -0.39 is 4.92 Å². The molecule has 8 heteroatoms. The van der Waals surface area contributed by atoms with Crippen LogP contribution in [0, 0.1) is 10.1 Å². The lowest BCUT2D eigenvalue weighted by Gasteiger charge is -2.22. The van der Waals surface area contributed by atoms with Crippen molar-refractivity contribution in [1.82, 2.24) is 9.97 Å². The van der Waals surface area contributed by atoms with Crippen molar-refractivity contribution in [3.8, 4) is 0 Å². The molecule has 19 heavy (non-hydrogen) atoms. The summed E-state index contributed by atoms with van der Waals surface area (Å²) in [6, 6.07) is 0. The second-order valence-corrected chi connectivity index (χ2v) is 4.30. The summed E-state index contributed by atoms with van der Waals surface area (Å²) in [5, 5.41) is 16.6. The molecule has 1 aliphatic heterocycles. The second-order valence-electron chi connectivity index (χ2n) is 4.30. The Kier molecular flexibility index (Phi) is 4.45. The van der Waals surface area contributed by atoms with Gasteiger partial charge in [-0.15, -0.1) is 0 Å². The minimum atomic E-state index is -0.497. The number of hydrogen-bond donors (Lipinski definition) is 2. The Morgan fingerprint density at radius 2 is 2.42 bits per heavy atom. The fourth-order valence-electron chi connectivity index (χ4n) is 1.94. The maximum Gasteiger partial charge on any atom is 0.329 e. The van der Waals surface area contributed by atoms with Crippen LogP contribution in [0.2, 0.25) is 0 Å². The number of nitro groups is 1. The molecule has 1 saturated heterocycles. The van der Waals surface area contributed by atoms with Crippen LogP contribution in [0.3, 0.4) is 0 Å². The summed E-state index contributed by atoms with van der Waals surface area (Å²) in [5.74, 6) is 0.566. The summed E-state index contributed by atoms with van der Waals surface area (Å²) >= 11 is 0. The lowest BCUT2D eigenvalue weighted by molar-refractivity contribution is -0.384. The van der Waals surface area contributed by atoms with E-state index in [1.807, 2.05) is 0 Å². The van der Waals surface area contributed by atoms with Gasteiger partial charge < -0.3 is 15.4 Å². The molecule has 0 saturated carbocycles. The first-order chi connectivity index (χ1) is 9.20. The molecule has 1 atom stereocenters. The standard InChI is InChI=1S/C11H17N5O3/c1-12-11-14-7-9(16(17)18)10(15-11)13-6-8-4-2-3-5-19-8/h7-8H,2-6H2,1H3,(H2,12,13,14,15). The van der Waals surface area contributed by atoms with E-state index in [4.69, 9.17) is 4.74 Å². The van der Waals surface area contributed by atoms with Crippen LogP contribution in [0.4, 0.5) is 17.5 Å². The highest BCUT2D eigenvalue weighted by molar-refractivity contribution is 5.56. The van der Waals surface area contributed by atoms with Crippen molar-refractivity contribution in [2.45, 2.75) is 25.4 Å². The first kappa shape index (κ1) is 13.5. The minimum Gasteiger partial charge on any atom is -0.376 e. The van der Waals surface area contributed by atoms with Gasteiger partial charge in [0.2, 0.25) is 11.8 Å². The Morgan fingerprint density at radius 3 is 3.05 bits per heavy atom. The van der Waals surface area contributed by atoms with E-state index in [2.05, 4.69) is 20.6 Å². The van der Waals surface area contributed by atoms with Crippen LogP contribution in [-0.4, -0.2) is 41.2 Å². The molecular formula is C11H17N5O3. The van der Waals surface area contributed by atoms with Crippen LogP contribution in [0.15, 0.2) is 6.20 Å². The lowest BCUT2D eigenvalue weighted by Crippen LogP contribution is -2.27. The Hall–Kier alpha value is -1.96. The topological polar surface area (TPSA) is 102 Å². The Balaban J connectivity index is 2.06. The highest BCUT2D eigenvalue weighted by Gasteiger charge is 2.19. The van der Waals surface area contributed by atoms with Crippen molar-refractivity contribution >= 4 is 17.5 Å². The molecule has 0 bridgehead atoms. The molecule has 1 aromatic heterocycles. The van der Waals surface area contributed by atoms with Gasteiger partial charge in [-0.2, -0.15) is 4.98 Å². The average Bonchev–Trinajstić information content (AvgIpc) is 2.45. The van der Waals surface area contributed by atoms with E-state index in [0.29, 0.717) is 12.5 Å². The molecule has 2 N–H and O–H groups in total. The third-order valence-electron chi connectivity index (χ3n) is 2.96. The molecular weight excluding hydrogens is 250 g/mol. The molecule has 1 unspecified atom stereocenters. The van der Waals surface area contributed by atoms with Crippen LogP contribution in [0.25, 0.3) is 0 Å². The highest BCUT2D eigenvalue weighted by atomic mass is 16.6. The second kappa shape index (κ2) is 6.28. The lowest BCUT2D eigenvalue weighted by atomic mass is 10.1. The molecule has 2 rings (SSSR count). The summed E-state index contributed by atoms with van der Waals surface area (Å²) in [4.78, 5) is 18.3. The van der Waals surface area contributed by atoms with Gasteiger partial charge in [0, 0.05) is 20.2 Å². The van der Waals surface area contributed by atoms with Crippen LogP contribution < -0.4 is 10.6 Å². The first-order valence-electron chi connectivity index (χ1n) is 6.25. The number of aromatic nitrogens is 2. The summed E-state index contributed by atoms with van der Waals surface area (Å²) in [6.45, 7) is 1.26. The number of anilines is 2. The average molecular weight is 267 g/mol. The van der Waals surface area contributed by atoms with E-state index in [9.17, 15) is 10.1 Å². The van der Waals surface area contributed by atoms with Gasteiger partial charge in [-0.3, -0.25) is 10.1 Å². The third kappa shape index (κ3) is 3.50. The van der Waals surface area contributed by atoms with E-state index in [0.717, 1.165) is 25.9 Å². The highest BCUT2D eigenvalue weighted by Crippen LogP contribution is 2.22. The van der Waals surface area contributed by atoms with Crippen molar-refractivity contribution < 1.29 is 9.66 Å². The summed E-state index contributed by atoms with van der Waals surface area (Å²) in [5.41, 5.74) is -0.130. The molecule has 0 spiro atoms. The number of nitrogens with zero attached hydrogens (tertiary/aromatic N) is 3. The van der Waals surface area contributed by atoms with Gasteiger partial charge in [0.1, 0.15) is 6.20 Å². The van der Waals surface area contributed by atoms with Crippen molar-refractivity contribution in [2.24, 2.45) is 0 Å². The minimum absolute atomic E-state index is 0.0846. The molecule has 0 aliphatic carbocycles. The van der Waals surface area contributed by atoms with Crippen LogP contribution in [-0.2, 0) is 4.74 Å². The molecule has 1 aliphatic rings. The largest absolute Gasteiger partial charge is 0.376 e. The predicted molar refractivity (Wildman–Crippen MR) is 70.3 cm³/mol. The van der Waals surface area contributed by atoms with Gasteiger partial charge in [-0.05, 0) is 19.3 Å². The van der Waals surface area contributed by atoms with Crippen LogP contribution in [0.1, 0.15) is 19.3 Å². The molecule has 104 valence electrons. The molecule has 1 fully saturated rings. The zero-order chi connectivity index (χ0) is 13.7. The normalized spacial score (nSPS) is 18.9. The smallest absolute Gasteiger partial charge is 0.329 e. The van der Waals surface area contributed by atoms with Gasteiger partial charge in [0.05, 0.1) is 11.0 Å². The Morgan fingerprint density at radius 1 is 1.58 bits per heavy atom. The van der Waals surface area contributed by atoms with E-state index in [1.54, 1.807) is 7.05 Å².